The topological polar surface area (TPSA) is 35.5 Å². The maximum Gasteiger partial charge on any atom is 0.365 e. The summed E-state index contributed by atoms with van der Waals surface area (Å²) in [6, 6.07) is 0. The Bertz CT molecular complexity index is 303. The van der Waals surface area contributed by atoms with E-state index in [1.807, 2.05) is 0 Å². The second-order valence-electron chi connectivity index (χ2n) is 3.23. The fourth-order valence-corrected chi connectivity index (χ4v) is 2.83. The number of hydrogen-bond donors (Lipinski definition) is 0. The standard InChI is InChI=1S/C12H21O3P/c1-5-9-10-12(7-3)16(13,14-8-4)15-11-6-2/h6H,2-3,5,8-11H2,1,4H3. The maximum atomic E-state index is 12.4. The Kier molecular flexibility index (Phi) is 8.23. The first-order chi connectivity index (χ1) is 7.64. The average molecular weight is 244 g/mol. The van der Waals surface area contributed by atoms with Gasteiger partial charge in [-0.05, 0) is 19.8 Å². The first-order valence-corrected chi connectivity index (χ1v) is 7.08. The van der Waals surface area contributed by atoms with E-state index in [1.54, 1.807) is 13.0 Å². The van der Waals surface area contributed by atoms with Crippen LogP contribution in [0.1, 0.15) is 33.1 Å². The van der Waals surface area contributed by atoms with Crippen molar-refractivity contribution in [1.29, 1.82) is 0 Å². The molecule has 0 heterocycles. The van der Waals surface area contributed by atoms with Crippen LogP contribution in [0.4, 0.5) is 0 Å². The molecule has 0 N–H and O–H groups in total. The maximum absolute atomic E-state index is 12.4. The van der Waals surface area contributed by atoms with E-state index in [-0.39, 0.29) is 6.61 Å². The van der Waals surface area contributed by atoms with Crippen molar-refractivity contribution in [1.82, 2.24) is 0 Å². The summed E-state index contributed by atoms with van der Waals surface area (Å²) in [4.78, 5) is 0. The van der Waals surface area contributed by atoms with Gasteiger partial charge in [-0.25, -0.2) is 0 Å². The highest BCUT2D eigenvalue weighted by atomic mass is 31.2. The summed E-state index contributed by atoms with van der Waals surface area (Å²) in [6.45, 7) is 11.5. The molecule has 0 aromatic carbocycles. The molecule has 1 atom stereocenters. The van der Waals surface area contributed by atoms with E-state index in [0.717, 1.165) is 12.8 Å². The molecule has 92 valence electrons. The van der Waals surface area contributed by atoms with Gasteiger partial charge in [-0.3, -0.25) is 4.57 Å². The molecule has 0 radical (unpaired) electrons. The Morgan fingerprint density at radius 1 is 1.44 bits per heavy atom. The van der Waals surface area contributed by atoms with Crippen molar-refractivity contribution in [2.45, 2.75) is 33.1 Å². The predicted molar refractivity (Wildman–Crippen MR) is 67.6 cm³/mol. The Hall–Kier alpha value is -0.590. The summed E-state index contributed by atoms with van der Waals surface area (Å²) in [5.74, 6) is 0. The molecule has 0 aliphatic rings. The molecule has 0 spiro atoms. The van der Waals surface area contributed by atoms with Crippen LogP contribution in [0.3, 0.4) is 0 Å². The SMILES string of the molecule is C=C=C(CCCC)P(=O)(OCC)OCC=C. The number of allylic oxidation sites excluding steroid dienone is 1. The van der Waals surface area contributed by atoms with E-state index >= 15 is 0 Å². The summed E-state index contributed by atoms with van der Waals surface area (Å²) in [5.41, 5.74) is 2.69. The summed E-state index contributed by atoms with van der Waals surface area (Å²) in [7, 11) is -3.20. The van der Waals surface area contributed by atoms with Gasteiger partial charge in [0.25, 0.3) is 0 Å². The lowest BCUT2D eigenvalue weighted by Crippen LogP contribution is -1.99. The first-order valence-electron chi connectivity index (χ1n) is 5.54. The molecule has 0 aromatic heterocycles. The highest BCUT2D eigenvalue weighted by Gasteiger charge is 2.28. The largest absolute Gasteiger partial charge is 0.365 e. The summed E-state index contributed by atoms with van der Waals surface area (Å²) >= 11 is 0. The monoisotopic (exact) mass is 244 g/mol. The smallest absolute Gasteiger partial charge is 0.305 e. The van der Waals surface area contributed by atoms with Gasteiger partial charge in [0.2, 0.25) is 0 Å². The molecule has 0 rings (SSSR count). The third-order valence-electron chi connectivity index (χ3n) is 1.96. The van der Waals surface area contributed by atoms with Crippen LogP contribution in [-0.4, -0.2) is 13.2 Å². The molecule has 3 nitrogen and oxygen atoms in total. The Morgan fingerprint density at radius 2 is 2.12 bits per heavy atom. The zero-order valence-corrected chi connectivity index (χ0v) is 11.1. The molecule has 0 aliphatic carbocycles. The predicted octanol–water partition coefficient (Wildman–Crippen LogP) is 4.28. The van der Waals surface area contributed by atoms with E-state index < -0.39 is 7.60 Å². The third-order valence-corrected chi connectivity index (χ3v) is 4.09. The normalized spacial score (nSPS) is 13.9. The van der Waals surface area contributed by atoms with Crippen molar-refractivity contribution in [3.8, 4) is 0 Å². The van der Waals surface area contributed by atoms with Gasteiger partial charge < -0.3 is 9.05 Å². The molecule has 1 unspecified atom stereocenters. The molecule has 0 aliphatic heterocycles. The number of unbranched alkanes of at least 4 members (excludes halogenated alkanes) is 1. The van der Waals surface area contributed by atoms with Crippen LogP contribution in [0.5, 0.6) is 0 Å². The van der Waals surface area contributed by atoms with E-state index in [1.165, 1.54) is 0 Å². The van der Waals surface area contributed by atoms with Crippen LogP contribution in [0.15, 0.2) is 30.3 Å². The highest BCUT2D eigenvalue weighted by Crippen LogP contribution is 2.57. The Labute approximate surface area is 98.4 Å². The van der Waals surface area contributed by atoms with Crippen molar-refractivity contribution < 1.29 is 13.6 Å². The van der Waals surface area contributed by atoms with Crippen LogP contribution in [0, 0.1) is 0 Å². The summed E-state index contributed by atoms with van der Waals surface area (Å²) in [6.07, 6.45) is 4.13. The minimum absolute atomic E-state index is 0.203. The number of hydrogen-bond acceptors (Lipinski definition) is 3. The Balaban J connectivity index is 4.77. The fraction of sp³-hybridized carbons (Fsp3) is 0.583. The second-order valence-corrected chi connectivity index (χ2v) is 5.28. The molecule has 0 amide bonds. The minimum Gasteiger partial charge on any atom is -0.305 e. The van der Waals surface area contributed by atoms with Gasteiger partial charge >= 0.3 is 7.60 Å². The van der Waals surface area contributed by atoms with Crippen molar-refractivity contribution >= 4 is 7.60 Å². The Morgan fingerprint density at radius 3 is 2.56 bits per heavy atom. The molecular weight excluding hydrogens is 223 g/mol. The zero-order chi connectivity index (χ0) is 12.4. The molecule has 0 saturated carbocycles. The van der Waals surface area contributed by atoms with Gasteiger partial charge in [0.1, 0.15) is 0 Å². The lowest BCUT2D eigenvalue weighted by atomic mass is 10.2. The van der Waals surface area contributed by atoms with Crippen molar-refractivity contribution in [2.75, 3.05) is 13.2 Å². The second kappa shape index (κ2) is 8.55. The van der Waals surface area contributed by atoms with E-state index in [2.05, 4.69) is 25.8 Å². The molecule has 16 heavy (non-hydrogen) atoms. The van der Waals surface area contributed by atoms with E-state index in [0.29, 0.717) is 18.3 Å². The number of rotatable bonds is 9. The van der Waals surface area contributed by atoms with Crippen LogP contribution in [0.25, 0.3) is 0 Å². The summed E-state index contributed by atoms with van der Waals surface area (Å²) < 4.78 is 22.9. The first kappa shape index (κ1) is 15.4. The molecule has 0 aromatic rings. The van der Waals surface area contributed by atoms with E-state index in [9.17, 15) is 4.57 Å². The van der Waals surface area contributed by atoms with Crippen LogP contribution >= 0.6 is 7.60 Å². The molecule has 0 bridgehead atoms. The van der Waals surface area contributed by atoms with Crippen LogP contribution in [-0.2, 0) is 13.6 Å². The van der Waals surface area contributed by atoms with Crippen molar-refractivity contribution in [2.24, 2.45) is 0 Å². The summed E-state index contributed by atoms with van der Waals surface area (Å²) in [5, 5.41) is 0.540. The van der Waals surface area contributed by atoms with E-state index in [4.69, 9.17) is 9.05 Å². The molecule has 0 fully saturated rings. The quantitative estimate of drug-likeness (QED) is 0.345. The average Bonchev–Trinajstić information content (AvgIpc) is 2.28. The highest BCUT2D eigenvalue weighted by molar-refractivity contribution is 7.58. The molecular formula is C12H21O3P. The third kappa shape index (κ3) is 4.96. The van der Waals surface area contributed by atoms with Gasteiger partial charge in [0.15, 0.2) is 0 Å². The van der Waals surface area contributed by atoms with Crippen LogP contribution in [0.2, 0.25) is 0 Å². The molecule has 4 heteroatoms. The lowest BCUT2D eigenvalue weighted by Gasteiger charge is -2.18. The fourth-order valence-electron chi connectivity index (χ4n) is 1.18. The van der Waals surface area contributed by atoms with Gasteiger partial charge in [-0.1, -0.05) is 26.0 Å². The zero-order valence-electron chi connectivity index (χ0n) is 10.2. The van der Waals surface area contributed by atoms with Crippen molar-refractivity contribution in [3.63, 3.8) is 0 Å². The van der Waals surface area contributed by atoms with Gasteiger partial charge in [0.05, 0.1) is 18.5 Å². The minimum atomic E-state index is -3.20. The van der Waals surface area contributed by atoms with Gasteiger partial charge in [-0.2, -0.15) is 0 Å². The van der Waals surface area contributed by atoms with Gasteiger partial charge in [0, 0.05) is 0 Å². The lowest BCUT2D eigenvalue weighted by molar-refractivity contribution is 0.233. The molecule has 0 saturated heterocycles. The van der Waals surface area contributed by atoms with Gasteiger partial charge in [-0.15, -0.1) is 12.3 Å². The van der Waals surface area contributed by atoms with Crippen LogP contribution < -0.4 is 0 Å². The van der Waals surface area contributed by atoms with Crippen molar-refractivity contribution in [3.05, 3.63) is 30.3 Å².